The smallest absolute Gasteiger partial charge is 0.0446 e. The third-order valence-corrected chi connectivity index (χ3v) is 4.57. The van der Waals surface area contributed by atoms with Crippen molar-refractivity contribution in [2.24, 2.45) is 0 Å². The minimum Gasteiger partial charge on any atom is -0.312 e. The molecule has 1 N–H and O–H groups in total. The van der Waals surface area contributed by atoms with Gasteiger partial charge in [-0.15, -0.1) is 0 Å². The van der Waals surface area contributed by atoms with Crippen LogP contribution in [-0.4, -0.2) is 55.6 Å². The number of likely N-dealkylation sites (tertiary alicyclic amines) is 1. The van der Waals surface area contributed by atoms with Crippen molar-refractivity contribution in [3.8, 4) is 0 Å². The molecule has 0 saturated carbocycles. The van der Waals surface area contributed by atoms with Crippen LogP contribution in [0.15, 0.2) is 30.3 Å². The third kappa shape index (κ3) is 3.81. The van der Waals surface area contributed by atoms with E-state index in [4.69, 9.17) is 0 Å². The highest BCUT2D eigenvalue weighted by atomic mass is 15.3. The standard InChI is InChI=1S/C17H29N3/c1-4-20(5-2)16-11-12-19(13-16)14-17(18-3)15-9-7-6-8-10-15/h6-10,16-18H,4-5,11-14H2,1-3H3. The minimum atomic E-state index is 0.437. The van der Waals surface area contributed by atoms with Crippen molar-refractivity contribution in [1.29, 1.82) is 0 Å². The van der Waals surface area contributed by atoms with Gasteiger partial charge in [0, 0.05) is 25.2 Å². The Bertz CT molecular complexity index is 375. The van der Waals surface area contributed by atoms with Crippen LogP contribution in [0.2, 0.25) is 0 Å². The van der Waals surface area contributed by atoms with Gasteiger partial charge in [-0.3, -0.25) is 9.80 Å². The highest BCUT2D eigenvalue weighted by Crippen LogP contribution is 2.20. The zero-order chi connectivity index (χ0) is 14.4. The summed E-state index contributed by atoms with van der Waals surface area (Å²) in [6.45, 7) is 10.4. The molecule has 1 aromatic carbocycles. The van der Waals surface area contributed by atoms with E-state index < -0.39 is 0 Å². The Kier molecular flexibility index (Phi) is 6.02. The van der Waals surface area contributed by atoms with Gasteiger partial charge >= 0.3 is 0 Å². The molecular formula is C17H29N3. The molecule has 112 valence electrons. The lowest BCUT2D eigenvalue weighted by Crippen LogP contribution is -2.39. The van der Waals surface area contributed by atoms with Crippen molar-refractivity contribution in [2.45, 2.75) is 32.4 Å². The Morgan fingerprint density at radius 3 is 2.55 bits per heavy atom. The van der Waals surface area contributed by atoms with Gasteiger partial charge in [-0.25, -0.2) is 0 Å². The summed E-state index contributed by atoms with van der Waals surface area (Å²) in [5.74, 6) is 0. The van der Waals surface area contributed by atoms with Crippen molar-refractivity contribution in [2.75, 3.05) is 39.8 Å². The molecule has 0 bridgehead atoms. The van der Waals surface area contributed by atoms with Crippen molar-refractivity contribution in [3.63, 3.8) is 0 Å². The summed E-state index contributed by atoms with van der Waals surface area (Å²) >= 11 is 0. The molecule has 1 aliphatic rings. The fourth-order valence-corrected chi connectivity index (χ4v) is 3.32. The number of likely N-dealkylation sites (N-methyl/N-ethyl adjacent to an activating group) is 2. The van der Waals surface area contributed by atoms with Gasteiger partial charge in [0.2, 0.25) is 0 Å². The fourth-order valence-electron chi connectivity index (χ4n) is 3.32. The van der Waals surface area contributed by atoms with Gasteiger partial charge < -0.3 is 5.32 Å². The maximum Gasteiger partial charge on any atom is 0.0446 e. The predicted molar refractivity (Wildman–Crippen MR) is 86.0 cm³/mol. The summed E-state index contributed by atoms with van der Waals surface area (Å²) in [5, 5.41) is 3.46. The summed E-state index contributed by atoms with van der Waals surface area (Å²) in [6.07, 6.45) is 1.31. The molecule has 0 aliphatic carbocycles. The van der Waals surface area contributed by atoms with E-state index in [9.17, 15) is 0 Å². The zero-order valence-electron chi connectivity index (χ0n) is 13.2. The number of hydrogen-bond acceptors (Lipinski definition) is 3. The summed E-state index contributed by atoms with van der Waals surface area (Å²) < 4.78 is 0. The molecule has 2 atom stereocenters. The number of nitrogens with zero attached hydrogens (tertiary/aromatic N) is 2. The largest absolute Gasteiger partial charge is 0.312 e. The summed E-state index contributed by atoms with van der Waals surface area (Å²) in [4.78, 5) is 5.20. The van der Waals surface area contributed by atoms with Gasteiger partial charge in [-0.2, -0.15) is 0 Å². The first-order valence-corrected chi connectivity index (χ1v) is 7.97. The van der Waals surface area contributed by atoms with Gasteiger partial charge in [0.1, 0.15) is 0 Å². The Morgan fingerprint density at radius 2 is 1.95 bits per heavy atom. The van der Waals surface area contributed by atoms with Crippen molar-refractivity contribution >= 4 is 0 Å². The summed E-state index contributed by atoms with van der Waals surface area (Å²) in [6, 6.07) is 12.0. The van der Waals surface area contributed by atoms with E-state index >= 15 is 0 Å². The van der Waals surface area contributed by atoms with Gasteiger partial charge in [0.25, 0.3) is 0 Å². The SMILES string of the molecule is CCN(CC)C1CCN(CC(NC)c2ccccc2)C1. The van der Waals surface area contributed by atoms with Crippen LogP contribution in [0.1, 0.15) is 31.9 Å². The summed E-state index contributed by atoms with van der Waals surface area (Å²) in [7, 11) is 2.07. The molecule has 20 heavy (non-hydrogen) atoms. The highest BCUT2D eigenvalue weighted by Gasteiger charge is 2.27. The van der Waals surface area contributed by atoms with Crippen LogP contribution in [0.3, 0.4) is 0 Å². The number of nitrogens with one attached hydrogen (secondary N) is 1. The monoisotopic (exact) mass is 275 g/mol. The molecule has 0 radical (unpaired) electrons. The van der Waals surface area contributed by atoms with Crippen molar-refractivity contribution in [3.05, 3.63) is 35.9 Å². The van der Waals surface area contributed by atoms with Crippen molar-refractivity contribution < 1.29 is 0 Å². The summed E-state index contributed by atoms with van der Waals surface area (Å²) in [5.41, 5.74) is 1.39. The van der Waals surface area contributed by atoms with E-state index in [0.717, 1.165) is 12.6 Å². The number of hydrogen-bond donors (Lipinski definition) is 1. The van der Waals surface area contributed by atoms with Crippen LogP contribution in [0.25, 0.3) is 0 Å². The molecule has 1 aromatic rings. The van der Waals surface area contributed by atoms with Crippen molar-refractivity contribution in [1.82, 2.24) is 15.1 Å². The Hall–Kier alpha value is -0.900. The predicted octanol–water partition coefficient (Wildman–Crippen LogP) is 2.36. The first-order valence-electron chi connectivity index (χ1n) is 7.97. The Balaban J connectivity index is 1.90. The lowest BCUT2D eigenvalue weighted by molar-refractivity contribution is 0.206. The van der Waals surface area contributed by atoms with Crippen LogP contribution < -0.4 is 5.32 Å². The maximum atomic E-state index is 3.46. The topological polar surface area (TPSA) is 18.5 Å². The Labute approximate surface area is 124 Å². The fraction of sp³-hybridized carbons (Fsp3) is 0.647. The molecule has 1 fully saturated rings. The van der Waals surface area contributed by atoms with Crippen LogP contribution in [0.5, 0.6) is 0 Å². The van der Waals surface area contributed by atoms with E-state index in [1.807, 2.05) is 0 Å². The molecule has 1 heterocycles. The molecule has 2 unspecified atom stereocenters. The van der Waals surface area contributed by atoms with E-state index in [1.165, 1.54) is 38.2 Å². The molecular weight excluding hydrogens is 246 g/mol. The molecule has 0 amide bonds. The molecule has 1 saturated heterocycles. The van der Waals surface area contributed by atoms with Crippen LogP contribution in [-0.2, 0) is 0 Å². The number of rotatable bonds is 7. The second kappa shape index (κ2) is 7.77. The minimum absolute atomic E-state index is 0.437. The molecule has 3 nitrogen and oxygen atoms in total. The average molecular weight is 275 g/mol. The van der Waals surface area contributed by atoms with E-state index in [-0.39, 0.29) is 0 Å². The van der Waals surface area contributed by atoms with Gasteiger partial charge in [-0.1, -0.05) is 44.2 Å². The van der Waals surface area contributed by atoms with Gasteiger partial charge in [0.05, 0.1) is 0 Å². The third-order valence-electron chi connectivity index (χ3n) is 4.57. The molecule has 1 aliphatic heterocycles. The number of benzene rings is 1. The van der Waals surface area contributed by atoms with E-state index in [0.29, 0.717) is 6.04 Å². The normalized spacial score (nSPS) is 21.5. The van der Waals surface area contributed by atoms with E-state index in [2.05, 4.69) is 66.3 Å². The van der Waals surface area contributed by atoms with Crippen LogP contribution in [0, 0.1) is 0 Å². The van der Waals surface area contributed by atoms with Crippen LogP contribution >= 0.6 is 0 Å². The molecule has 0 aromatic heterocycles. The Morgan fingerprint density at radius 1 is 1.25 bits per heavy atom. The second-order valence-corrected chi connectivity index (χ2v) is 5.68. The van der Waals surface area contributed by atoms with E-state index in [1.54, 1.807) is 0 Å². The first kappa shape index (κ1) is 15.5. The van der Waals surface area contributed by atoms with Gasteiger partial charge in [-0.05, 0) is 38.7 Å². The maximum absolute atomic E-state index is 3.46. The molecule has 3 heteroatoms. The van der Waals surface area contributed by atoms with Gasteiger partial charge in [0.15, 0.2) is 0 Å². The highest BCUT2D eigenvalue weighted by molar-refractivity contribution is 5.19. The zero-order valence-corrected chi connectivity index (χ0v) is 13.2. The first-order chi connectivity index (χ1) is 9.78. The quantitative estimate of drug-likeness (QED) is 0.824. The second-order valence-electron chi connectivity index (χ2n) is 5.68. The average Bonchev–Trinajstić information content (AvgIpc) is 2.95. The van der Waals surface area contributed by atoms with Crippen LogP contribution in [0.4, 0.5) is 0 Å². The lowest BCUT2D eigenvalue weighted by Gasteiger charge is -2.27. The molecule has 0 spiro atoms. The molecule has 2 rings (SSSR count). The lowest BCUT2D eigenvalue weighted by atomic mass is 10.1.